The Morgan fingerprint density at radius 2 is 2.07 bits per heavy atom. The van der Waals surface area contributed by atoms with Gasteiger partial charge >= 0.3 is 0 Å². The molecule has 9 heteroatoms. The fraction of sp³-hybridized carbons (Fsp3) is 0.250. The second kappa shape index (κ2) is 7.42. The first kappa shape index (κ1) is 18.7. The van der Waals surface area contributed by atoms with E-state index in [0.29, 0.717) is 28.9 Å². The van der Waals surface area contributed by atoms with Gasteiger partial charge in [-0.1, -0.05) is 25.1 Å². The topological polar surface area (TPSA) is 98.2 Å². The lowest BCUT2D eigenvalue weighted by Gasteiger charge is -2.08. The van der Waals surface area contributed by atoms with Gasteiger partial charge in [0.1, 0.15) is 11.6 Å². The highest BCUT2D eigenvalue weighted by Gasteiger charge is 2.15. The molecule has 0 saturated heterocycles. The maximum atomic E-state index is 13.4. The van der Waals surface area contributed by atoms with E-state index in [1.165, 1.54) is 12.1 Å². The zero-order valence-corrected chi connectivity index (χ0v) is 16.2. The van der Waals surface area contributed by atoms with Crippen LogP contribution in [0, 0.1) is 12.7 Å². The highest BCUT2D eigenvalue weighted by atomic mass is 19.1. The minimum atomic E-state index is -0.409. The van der Waals surface area contributed by atoms with E-state index in [9.17, 15) is 9.18 Å². The Labute approximate surface area is 165 Å². The number of carbonyl (C=O) groups excluding carboxylic acids is 1. The summed E-state index contributed by atoms with van der Waals surface area (Å²) >= 11 is 0. The van der Waals surface area contributed by atoms with E-state index >= 15 is 0 Å². The third-order valence-electron chi connectivity index (χ3n) is 4.48. The summed E-state index contributed by atoms with van der Waals surface area (Å²) in [5.41, 5.74) is 2.48. The summed E-state index contributed by atoms with van der Waals surface area (Å²) in [6, 6.07) is 7.81. The van der Waals surface area contributed by atoms with Gasteiger partial charge in [0.2, 0.25) is 5.91 Å². The van der Waals surface area contributed by atoms with Crippen LogP contribution in [-0.2, 0) is 11.2 Å². The van der Waals surface area contributed by atoms with E-state index in [2.05, 4.69) is 25.7 Å². The number of benzene rings is 1. The van der Waals surface area contributed by atoms with E-state index in [1.54, 1.807) is 35.7 Å². The van der Waals surface area contributed by atoms with E-state index in [1.807, 2.05) is 13.8 Å². The molecular formula is C20H19FN6O2. The van der Waals surface area contributed by atoms with Gasteiger partial charge in [-0.3, -0.25) is 9.20 Å². The van der Waals surface area contributed by atoms with Crippen molar-refractivity contribution in [3.05, 3.63) is 59.6 Å². The number of hydrogen-bond donors (Lipinski definition) is 1. The van der Waals surface area contributed by atoms with Crippen LogP contribution in [-0.4, -0.2) is 30.6 Å². The second-order valence-electron chi connectivity index (χ2n) is 7.06. The summed E-state index contributed by atoms with van der Waals surface area (Å²) in [5, 5.41) is 14.9. The van der Waals surface area contributed by atoms with Gasteiger partial charge in [0.05, 0.1) is 6.42 Å². The fourth-order valence-electron chi connectivity index (χ4n) is 2.85. The average molecular weight is 394 g/mol. The molecule has 148 valence electrons. The number of anilines is 1. The molecule has 0 atom stereocenters. The van der Waals surface area contributed by atoms with Crippen molar-refractivity contribution in [2.75, 3.05) is 5.32 Å². The number of amides is 1. The van der Waals surface area contributed by atoms with E-state index < -0.39 is 5.82 Å². The number of hydrogen-bond acceptors (Lipinski definition) is 6. The molecule has 1 N–H and O–H groups in total. The monoisotopic (exact) mass is 394 g/mol. The second-order valence-corrected chi connectivity index (χ2v) is 7.06. The first-order chi connectivity index (χ1) is 13.9. The molecule has 3 aromatic heterocycles. The molecule has 4 aromatic rings. The zero-order valence-electron chi connectivity index (χ0n) is 16.2. The normalized spacial score (nSPS) is 11.3. The van der Waals surface area contributed by atoms with E-state index in [0.717, 1.165) is 11.1 Å². The van der Waals surface area contributed by atoms with Crippen molar-refractivity contribution < 1.29 is 13.7 Å². The number of nitrogens with one attached hydrogen (secondary N) is 1. The van der Waals surface area contributed by atoms with Gasteiger partial charge in [-0.05, 0) is 36.8 Å². The molecule has 0 saturated carbocycles. The first-order valence-corrected chi connectivity index (χ1v) is 9.14. The average Bonchev–Trinajstić information content (AvgIpc) is 3.32. The number of rotatable bonds is 5. The third-order valence-corrected chi connectivity index (χ3v) is 4.48. The molecule has 1 amide bonds. The molecule has 29 heavy (non-hydrogen) atoms. The van der Waals surface area contributed by atoms with Gasteiger partial charge in [0, 0.05) is 23.4 Å². The van der Waals surface area contributed by atoms with Crippen molar-refractivity contribution in [1.29, 1.82) is 0 Å². The molecule has 4 rings (SSSR count). The van der Waals surface area contributed by atoms with Crippen LogP contribution < -0.4 is 5.32 Å². The van der Waals surface area contributed by atoms with Crippen molar-refractivity contribution in [2.24, 2.45) is 0 Å². The van der Waals surface area contributed by atoms with Crippen LogP contribution >= 0.6 is 0 Å². The van der Waals surface area contributed by atoms with Gasteiger partial charge in [-0.2, -0.15) is 4.98 Å². The summed E-state index contributed by atoms with van der Waals surface area (Å²) in [7, 11) is 0. The lowest BCUT2D eigenvalue weighted by molar-refractivity contribution is -0.115. The van der Waals surface area contributed by atoms with Gasteiger partial charge in [-0.25, -0.2) is 4.39 Å². The number of fused-ring (bicyclic) bond motifs is 1. The molecule has 0 aliphatic heterocycles. The van der Waals surface area contributed by atoms with Crippen LogP contribution in [0.15, 0.2) is 41.1 Å². The van der Waals surface area contributed by atoms with Crippen molar-refractivity contribution in [3.8, 4) is 11.5 Å². The van der Waals surface area contributed by atoms with Crippen LogP contribution in [0.1, 0.15) is 37.0 Å². The number of aryl methyl sites for hydroxylation is 1. The van der Waals surface area contributed by atoms with Gasteiger partial charge in [-0.15, -0.1) is 10.2 Å². The Bertz CT molecular complexity index is 1200. The largest absolute Gasteiger partial charge is 0.334 e. The minimum absolute atomic E-state index is 0.00543. The highest BCUT2D eigenvalue weighted by Crippen LogP contribution is 2.22. The molecule has 3 heterocycles. The van der Waals surface area contributed by atoms with Crippen molar-refractivity contribution in [3.63, 3.8) is 0 Å². The summed E-state index contributed by atoms with van der Waals surface area (Å²) in [5.74, 6) is 0.942. The third kappa shape index (κ3) is 3.84. The predicted octanol–water partition coefficient (Wildman–Crippen LogP) is 3.53. The molecule has 0 fully saturated rings. The van der Waals surface area contributed by atoms with Crippen LogP contribution in [0.4, 0.5) is 10.1 Å². The minimum Gasteiger partial charge on any atom is -0.334 e. The van der Waals surface area contributed by atoms with Crippen LogP contribution in [0.2, 0.25) is 0 Å². The molecule has 8 nitrogen and oxygen atoms in total. The summed E-state index contributed by atoms with van der Waals surface area (Å²) < 4.78 is 20.4. The number of pyridine rings is 1. The fourth-order valence-corrected chi connectivity index (χ4v) is 2.85. The first-order valence-electron chi connectivity index (χ1n) is 9.14. The van der Waals surface area contributed by atoms with Gasteiger partial charge < -0.3 is 9.84 Å². The van der Waals surface area contributed by atoms with Crippen molar-refractivity contribution in [1.82, 2.24) is 24.7 Å². The predicted molar refractivity (Wildman–Crippen MR) is 104 cm³/mol. The lowest BCUT2D eigenvalue weighted by Crippen LogP contribution is -2.17. The van der Waals surface area contributed by atoms with Crippen LogP contribution in [0.25, 0.3) is 17.1 Å². The quantitative estimate of drug-likeness (QED) is 0.556. The molecule has 0 spiro atoms. The maximum Gasteiger partial charge on any atom is 0.258 e. The highest BCUT2D eigenvalue weighted by molar-refractivity contribution is 5.92. The number of halogens is 1. The molecule has 0 radical (unpaired) electrons. The number of carbonyl (C=O) groups is 1. The molecule has 0 bridgehead atoms. The number of aromatic nitrogens is 5. The Kier molecular flexibility index (Phi) is 4.79. The van der Waals surface area contributed by atoms with Gasteiger partial charge in [0.25, 0.3) is 5.89 Å². The molecule has 0 aliphatic rings. The van der Waals surface area contributed by atoms with E-state index in [4.69, 9.17) is 4.52 Å². The van der Waals surface area contributed by atoms with Crippen molar-refractivity contribution in [2.45, 2.75) is 33.1 Å². The van der Waals surface area contributed by atoms with Crippen molar-refractivity contribution >= 4 is 17.2 Å². The number of nitrogens with zero attached hydrogens (tertiary/aromatic N) is 5. The summed E-state index contributed by atoms with van der Waals surface area (Å²) in [6.07, 6.45) is 1.74. The van der Waals surface area contributed by atoms with E-state index in [-0.39, 0.29) is 18.2 Å². The Morgan fingerprint density at radius 1 is 1.24 bits per heavy atom. The van der Waals surface area contributed by atoms with Gasteiger partial charge in [0.15, 0.2) is 11.5 Å². The lowest BCUT2D eigenvalue weighted by atomic mass is 10.2. The maximum absolute atomic E-state index is 13.4. The molecule has 0 aliphatic carbocycles. The SMILES string of the molecule is Cc1ccc(F)cc1NC(=O)Cc1nnc2cc(-c3nc(C(C)C)no3)ccn12. The van der Waals surface area contributed by atoms with Crippen LogP contribution in [0.5, 0.6) is 0 Å². The standard InChI is InChI=1S/C20H19FN6O2/c1-11(2)19-23-20(29-26-19)13-6-7-27-16(8-13)24-25-17(27)10-18(28)22-15-9-14(21)5-4-12(15)3/h4-9,11H,10H2,1-3H3,(H,22,28). The summed E-state index contributed by atoms with van der Waals surface area (Å²) in [4.78, 5) is 16.8. The Balaban J connectivity index is 1.54. The molecular weight excluding hydrogens is 375 g/mol. The Hall–Kier alpha value is -3.62. The summed E-state index contributed by atoms with van der Waals surface area (Å²) in [6.45, 7) is 5.77. The zero-order chi connectivity index (χ0) is 20.5. The Morgan fingerprint density at radius 3 is 2.83 bits per heavy atom. The molecule has 0 unspecified atom stereocenters. The molecule has 1 aromatic carbocycles. The smallest absolute Gasteiger partial charge is 0.258 e. The van der Waals surface area contributed by atoms with Crippen LogP contribution in [0.3, 0.4) is 0 Å².